The van der Waals surface area contributed by atoms with Gasteiger partial charge in [-0.3, -0.25) is 0 Å². The molecule has 0 atom stereocenters. The van der Waals surface area contributed by atoms with Gasteiger partial charge in [0.15, 0.2) is 5.96 Å². The van der Waals surface area contributed by atoms with Gasteiger partial charge < -0.3 is 11.5 Å². The summed E-state index contributed by atoms with van der Waals surface area (Å²) in [6.45, 7) is 0. The lowest BCUT2D eigenvalue weighted by Gasteiger charge is -1.95. The summed E-state index contributed by atoms with van der Waals surface area (Å²) in [5.41, 5.74) is 11.4. The highest BCUT2D eigenvalue weighted by Gasteiger charge is 2.01. The normalized spacial score (nSPS) is 11.8. The van der Waals surface area contributed by atoms with Crippen LogP contribution >= 0.6 is 23.1 Å². The van der Waals surface area contributed by atoms with Crippen molar-refractivity contribution in [3.63, 3.8) is 0 Å². The largest absolute Gasteiger partial charge is 0.370 e. The Kier molecular flexibility index (Phi) is 6.21. The van der Waals surface area contributed by atoms with Crippen LogP contribution in [0.2, 0.25) is 0 Å². The highest BCUT2D eigenvalue weighted by Crippen LogP contribution is 2.21. The summed E-state index contributed by atoms with van der Waals surface area (Å²) in [6, 6.07) is 0. The van der Waals surface area contributed by atoms with Crippen LogP contribution < -0.4 is 16.6 Å². The molecule has 8 nitrogen and oxygen atoms in total. The highest BCUT2D eigenvalue weighted by atomic mass is 32.2. The second kappa shape index (κ2) is 7.43. The lowest BCUT2D eigenvalue weighted by atomic mass is 10.5. The smallest absolute Gasteiger partial charge is 0.316 e. The van der Waals surface area contributed by atoms with Crippen LogP contribution in [0.15, 0.2) is 14.8 Å². The van der Waals surface area contributed by atoms with Crippen LogP contribution in [0.25, 0.3) is 0 Å². The summed E-state index contributed by atoms with van der Waals surface area (Å²) in [6.07, 6.45) is 1.81. The Morgan fingerprint density at radius 3 is 2.89 bits per heavy atom. The average molecular weight is 322 g/mol. The minimum atomic E-state index is -3.76. The number of aromatic nitrogens is 1. The van der Waals surface area contributed by atoms with Gasteiger partial charge >= 0.3 is 10.2 Å². The van der Waals surface area contributed by atoms with Crippen LogP contribution in [0.5, 0.6) is 0 Å². The number of hydrogen-bond donors (Lipinski definition) is 3. The molecular weight excluding hydrogens is 308 g/mol. The second-order valence-electron chi connectivity index (χ2n) is 3.30. The number of nitrogens with zero attached hydrogens (tertiary/aromatic N) is 3. The van der Waals surface area contributed by atoms with Crippen LogP contribution in [0, 0.1) is 0 Å². The standard InChI is InChI=1S/C8H14N6O2S3/c9-7(10)14-8-13-6(5-18-8)4-17-3-1-2-12-19(11,15)16/h2,5H,1,3-4H2,(H2,11,15,16)(H4,9,10,13,14). The minimum Gasteiger partial charge on any atom is -0.370 e. The van der Waals surface area contributed by atoms with Crippen LogP contribution in [0.1, 0.15) is 12.1 Å². The molecule has 1 heterocycles. The molecule has 1 aromatic rings. The number of hydrogen-bond acceptors (Lipinski definition) is 6. The Hall–Kier alpha value is -1.17. The van der Waals surface area contributed by atoms with Crippen molar-refractivity contribution < 1.29 is 8.42 Å². The van der Waals surface area contributed by atoms with Gasteiger partial charge in [-0.1, -0.05) is 0 Å². The van der Waals surface area contributed by atoms with Crippen molar-refractivity contribution in [1.82, 2.24) is 4.98 Å². The first-order chi connectivity index (χ1) is 8.87. The Labute approximate surface area is 119 Å². The molecule has 0 spiro atoms. The van der Waals surface area contributed by atoms with Gasteiger partial charge in [0, 0.05) is 17.3 Å². The fourth-order valence-electron chi connectivity index (χ4n) is 0.994. The lowest BCUT2D eigenvalue weighted by molar-refractivity contribution is 0.600. The Morgan fingerprint density at radius 2 is 2.26 bits per heavy atom. The molecule has 0 amide bonds. The molecule has 19 heavy (non-hydrogen) atoms. The molecule has 0 bridgehead atoms. The monoisotopic (exact) mass is 322 g/mol. The van der Waals surface area contributed by atoms with Crippen LogP contribution in [0.3, 0.4) is 0 Å². The molecule has 0 unspecified atom stereocenters. The molecule has 0 aromatic carbocycles. The van der Waals surface area contributed by atoms with E-state index in [1.54, 1.807) is 11.8 Å². The van der Waals surface area contributed by atoms with Gasteiger partial charge in [-0.25, -0.2) is 10.1 Å². The maximum absolute atomic E-state index is 10.5. The van der Waals surface area contributed by atoms with Gasteiger partial charge in [-0.05, 0) is 12.2 Å². The van der Waals surface area contributed by atoms with E-state index in [1.165, 1.54) is 17.6 Å². The number of guanidine groups is 1. The molecule has 6 N–H and O–H groups in total. The molecule has 11 heteroatoms. The zero-order valence-electron chi connectivity index (χ0n) is 9.89. The number of thiazole rings is 1. The van der Waals surface area contributed by atoms with Crippen molar-refractivity contribution in [1.29, 1.82) is 0 Å². The summed E-state index contributed by atoms with van der Waals surface area (Å²) < 4.78 is 24.2. The van der Waals surface area contributed by atoms with Crippen molar-refractivity contribution in [2.45, 2.75) is 12.2 Å². The van der Waals surface area contributed by atoms with Crippen LogP contribution in [-0.4, -0.2) is 31.3 Å². The van der Waals surface area contributed by atoms with E-state index < -0.39 is 10.2 Å². The minimum absolute atomic E-state index is 0.0206. The zero-order chi connectivity index (χ0) is 14.3. The van der Waals surface area contributed by atoms with Crippen molar-refractivity contribution in [3.8, 4) is 0 Å². The summed E-state index contributed by atoms with van der Waals surface area (Å²) in [7, 11) is -3.76. The first-order valence-electron chi connectivity index (χ1n) is 5.05. The van der Waals surface area contributed by atoms with Gasteiger partial charge in [0.2, 0.25) is 5.13 Å². The number of nitrogens with two attached hydrogens (primary N) is 3. The number of aliphatic imine (C=N–C) groups is 1. The van der Waals surface area contributed by atoms with Crippen molar-refractivity contribution in [2.24, 2.45) is 26.0 Å². The van der Waals surface area contributed by atoms with Gasteiger partial charge in [0.1, 0.15) is 0 Å². The molecule has 0 aliphatic carbocycles. The van der Waals surface area contributed by atoms with E-state index in [2.05, 4.69) is 14.4 Å². The summed E-state index contributed by atoms with van der Waals surface area (Å²) in [5.74, 6) is 1.39. The number of thioether (sulfide) groups is 1. The Morgan fingerprint density at radius 1 is 1.53 bits per heavy atom. The highest BCUT2D eigenvalue weighted by molar-refractivity contribution is 7.98. The van der Waals surface area contributed by atoms with Crippen molar-refractivity contribution >= 4 is 50.6 Å². The SMILES string of the molecule is NC(N)=Nc1nc(CSCCC=NS(N)(=O)=O)cs1. The van der Waals surface area contributed by atoms with Gasteiger partial charge in [-0.2, -0.15) is 29.6 Å². The molecule has 0 fully saturated rings. The fraction of sp³-hybridized carbons (Fsp3) is 0.375. The Balaban J connectivity index is 2.28. The van der Waals surface area contributed by atoms with Crippen LogP contribution in [-0.2, 0) is 16.0 Å². The zero-order valence-corrected chi connectivity index (χ0v) is 12.3. The molecular formula is C8H14N6O2S3. The Bertz CT molecular complexity index is 561. The molecule has 0 saturated carbocycles. The average Bonchev–Trinajstić information content (AvgIpc) is 2.68. The fourth-order valence-corrected chi connectivity index (χ4v) is 2.89. The molecule has 106 valence electrons. The molecule has 0 saturated heterocycles. The van der Waals surface area contributed by atoms with Gasteiger partial charge in [0.05, 0.1) is 5.69 Å². The third-order valence-corrected chi connectivity index (χ3v) is 3.88. The maximum atomic E-state index is 10.5. The van der Waals surface area contributed by atoms with E-state index in [9.17, 15) is 8.42 Å². The quantitative estimate of drug-likeness (QED) is 0.364. The summed E-state index contributed by atoms with van der Waals surface area (Å²) in [4.78, 5) is 8.04. The lowest BCUT2D eigenvalue weighted by Crippen LogP contribution is -2.21. The van der Waals surface area contributed by atoms with E-state index in [-0.39, 0.29) is 5.96 Å². The molecule has 1 rings (SSSR count). The molecule has 1 aromatic heterocycles. The van der Waals surface area contributed by atoms with Crippen molar-refractivity contribution in [2.75, 3.05) is 5.75 Å². The molecule has 0 aliphatic rings. The first-order valence-corrected chi connectivity index (χ1v) is 8.59. The van der Waals surface area contributed by atoms with Crippen molar-refractivity contribution in [3.05, 3.63) is 11.1 Å². The summed E-state index contributed by atoms with van der Waals surface area (Å²) in [5, 5.41) is 7.10. The van der Waals surface area contributed by atoms with E-state index in [1.807, 2.05) is 5.38 Å². The van der Waals surface area contributed by atoms with Gasteiger partial charge in [-0.15, -0.1) is 11.3 Å². The van der Waals surface area contributed by atoms with Crippen LogP contribution in [0.4, 0.5) is 5.13 Å². The van der Waals surface area contributed by atoms with Gasteiger partial charge in [0.25, 0.3) is 0 Å². The summed E-state index contributed by atoms with van der Waals surface area (Å²) >= 11 is 2.95. The van der Waals surface area contributed by atoms with E-state index >= 15 is 0 Å². The molecule has 0 radical (unpaired) electrons. The third kappa shape index (κ3) is 7.77. The third-order valence-electron chi connectivity index (χ3n) is 1.63. The van der Waals surface area contributed by atoms with E-state index in [0.717, 1.165) is 5.69 Å². The van der Waals surface area contributed by atoms with E-state index in [0.29, 0.717) is 23.1 Å². The molecule has 0 aliphatic heterocycles. The second-order valence-corrected chi connectivity index (χ2v) is 6.48. The maximum Gasteiger partial charge on any atom is 0.316 e. The number of rotatable bonds is 7. The predicted octanol–water partition coefficient (Wildman–Crippen LogP) is -0.0544. The predicted molar refractivity (Wildman–Crippen MR) is 80.0 cm³/mol. The topological polar surface area (TPSA) is 150 Å². The van der Waals surface area contributed by atoms with E-state index in [4.69, 9.17) is 16.6 Å². The first kappa shape index (κ1) is 15.9.